The van der Waals surface area contributed by atoms with Gasteiger partial charge in [-0.25, -0.2) is 0 Å². The largest absolute Gasteiger partial charge is 0.494 e. The minimum absolute atomic E-state index is 0.124. The van der Waals surface area contributed by atoms with Gasteiger partial charge < -0.3 is 4.74 Å². The van der Waals surface area contributed by atoms with Crippen LogP contribution < -0.4 is 0 Å². The Hall–Kier alpha value is -0.790. The highest BCUT2D eigenvalue weighted by Crippen LogP contribution is 2.44. The van der Waals surface area contributed by atoms with Gasteiger partial charge in [0.15, 0.2) is 5.78 Å². The fourth-order valence-electron chi connectivity index (χ4n) is 2.72. The molecule has 0 aromatic carbocycles. The molecule has 0 amide bonds. The quantitative estimate of drug-likeness (QED) is 0.619. The Bertz CT molecular complexity index is 244. The van der Waals surface area contributed by atoms with Crippen molar-refractivity contribution in [3.63, 3.8) is 0 Å². The van der Waals surface area contributed by atoms with Gasteiger partial charge in [-0.1, -0.05) is 6.92 Å². The molecule has 2 atom stereocenters. The molecule has 1 spiro atoms. The van der Waals surface area contributed by atoms with Crippen molar-refractivity contribution >= 4 is 5.78 Å². The molecule has 0 radical (unpaired) electrons. The fourth-order valence-corrected chi connectivity index (χ4v) is 2.72. The number of allylic oxidation sites excluding steroid dienone is 1. The molecule has 2 unspecified atom stereocenters. The second kappa shape index (κ2) is 3.17. The first kappa shape index (κ1) is 8.79. The molecule has 2 heteroatoms. The highest BCUT2D eigenvalue weighted by molar-refractivity contribution is 5.90. The van der Waals surface area contributed by atoms with E-state index in [9.17, 15) is 4.79 Å². The number of ketones is 1. The first-order valence-electron chi connectivity index (χ1n) is 5.14. The maximum Gasteiger partial charge on any atom is 0.162 e. The Labute approximate surface area is 79.0 Å². The van der Waals surface area contributed by atoms with Crippen molar-refractivity contribution in [1.82, 2.24) is 0 Å². The predicted octanol–water partition coefficient (Wildman–Crippen LogP) is 2.44. The second-order valence-corrected chi connectivity index (χ2v) is 4.13. The van der Waals surface area contributed by atoms with Crippen LogP contribution in [-0.4, -0.2) is 11.4 Å². The van der Waals surface area contributed by atoms with Crippen LogP contribution >= 0.6 is 0 Å². The summed E-state index contributed by atoms with van der Waals surface area (Å²) in [5, 5.41) is 0. The number of ether oxygens (including phenoxy) is 1. The van der Waals surface area contributed by atoms with Crippen molar-refractivity contribution in [2.75, 3.05) is 0 Å². The standard InChI is InChI=1S/C11H16O2/c1-2-9-4-3-6-11(9)8-10(12)5-7-13-11/h5,7,9H,2-4,6,8H2,1H3. The van der Waals surface area contributed by atoms with E-state index in [0.717, 1.165) is 12.8 Å². The van der Waals surface area contributed by atoms with Crippen LogP contribution in [0.5, 0.6) is 0 Å². The number of hydrogen-bond acceptors (Lipinski definition) is 2. The van der Waals surface area contributed by atoms with E-state index in [0.29, 0.717) is 12.3 Å². The van der Waals surface area contributed by atoms with Gasteiger partial charge in [0.1, 0.15) is 5.60 Å². The minimum atomic E-state index is -0.124. The summed E-state index contributed by atoms with van der Waals surface area (Å²) in [6.45, 7) is 2.18. The molecular formula is C11H16O2. The Morgan fingerprint density at radius 3 is 3.23 bits per heavy atom. The SMILES string of the molecule is CCC1CCCC12CC(=O)C=CO2. The van der Waals surface area contributed by atoms with Gasteiger partial charge in [0, 0.05) is 6.08 Å². The topological polar surface area (TPSA) is 26.3 Å². The summed E-state index contributed by atoms with van der Waals surface area (Å²) in [5.41, 5.74) is -0.124. The van der Waals surface area contributed by atoms with Gasteiger partial charge in [0.2, 0.25) is 0 Å². The zero-order valence-electron chi connectivity index (χ0n) is 8.08. The van der Waals surface area contributed by atoms with Gasteiger partial charge in [-0.05, 0) is 31.6 Å². The van der Waals surface area contributed by atoms with Crippen molar-refractivity contribution in [2.45, 2.75) is 44.6 Å². The molecule has 1 aliphatic carbocycles. The Balaban J connectivity index is 2.19. The van der Waals surface area contributed by atoms with Crippen LogP contribution in [0.1, 0.15) is 39.0 Å². The maximum absolute atomic E-state index is 11.3. The zero-order valence-corrected chi connectivity index (χ0v) is 8.08. The highest BCUT2D eigenvalue weighted by atomic mass is 16.5. The van der Waals surface area contributed by atoms with E-state index in [2.05, 4.69) is 6.92 Å². The average molecular weight is 180 g/mol. The number of carbonyl (C=O) groups is 1. The molecule has 0 aromatic rings. The molecule has 13 heavy (non-hydrogen) atoms. The van der Waals surface area contributed by atoms with Gasteiger partial charge in [0.25, 0.3) is 0 Å². The number of rotatable bonds is 1. The normalized spacial score (nSPS) is 38.2. The number of hydrogen-bond donors (Lipinski definition) is 0. The Morgan fingerprint density at radius 1 is 1.69 bits per heavy atom. The Morgan fingerprint density at radius 2 is 2.54 bits per heavy atom. The molecule has 1 aliphatic heterocycles. The summed E-state index contributed by atoms with van der Waals surface area (Å²) in [7, 11) is 0. The summed E-state index contributed by atoms with van der Waals surface area (Å²) < 4.78 is 5.70. The molecule has 1 fully saturated rings. The molecule has 0 saturated heterocycles. The van der Waals surface area contributed by atoms with Gasteiger partial charge in [-0.2, -0.15) is 0 Å². The van der Waals surface area contributed by atoms with Crippen LogP contribution in [0.25, 0.3) is 0 Å². The summed E-state index contributed by atoms with van der Waals surface area (Å²) >= 11 is 0. The summed E-state index contributed by atoms with van der Waals surface area (Å²) in [6.07, 6.45) is 8.36. The van der Waals surface area contributed by atoms with Gasteiger partial charge in [0.05, 0.1) is 12.7 Å². The molecule has 2 aliphatic rings. The van der Waals surface area contributed by atoms with E-state index in [1.807, 2.05) is 0 Å². The smallest absolute Gasteiger partial charge is 0.162 e. The lowest BCUT2D eigenvalue weighted by atomic mass is 9.83. The van der Waals surface area contributed by atoms with E-state index in [4.69, 9.17) is 4.74 Å². The van der Waals surface area contributed by atoms with E-state index < -0.39 is 0 Å². The monoisotopic (exact) mass is 180 g/mol. The summed E-state index contributed by atoms with van der Waals surface area (Å²) in [6, 6.07) is 0. The van der Waals surface area contributed by atoms with Crippen LogP contribution in [0.15, 0.2) is 12.3 Å². The van der Waals surface area contributed by atoms with Gasteiger partial charge in [-0.15, -0.1) is 0 Å². The lowest BCUT2D eigenvalue weighted by molar-refractivity contribution is -0.124. The summed E-state index contributed by atoms with van der Waals surface area (Å²) in [4.78, 5) is 11.3. The van der Waals surface area contributed by atoms with Gasteiger partial charge in [-0.3, -0.25) is 4.79 Å². The molecule has 1 heterocycles. The first-order chi connectivity index (χ1) is 6.27. The van der Waals surface area contributed by atoms with E-state index in [1.165, 1.54) is 12.8 Å². The van der Waals surface area contributed by atoms with Gasteiger partial charge >= 0.3 is 0 Å². The van der Waals surface area contributed by atoms with Crippen LogP contribution in [0, 0.1) is 5.92 Å². The first-order valence-corrected chi connectivity index (χ1v) is 5.14. The van der Waals surface area contributed by atoms with Crippen molar-refractivity contribution < 1.29 is 9.53 Å². The molecule has 72 valence electrons. The highest BCUT2D eigenvalue weighted by Gasteiger charge is 2.45. The van der Waals surface area contributed by atoms with Crippen molar-refractivity contribution in [2.24, 2.45) is 5.92 Å². The molecule has 0 N–H and O–H groups in total. The molecular weight excluding hydrogens is 164 g/mol. The number of carbonyl (C=O) groups excluding carboxylic acids is 1. The van der Waals surface area contributed by atoms with E-state index in [-0.39, 0.29) is 11.4 Å². The maximum atomic E-state index is 11.3. The van der Waals surface area contributed by atoms with Crippen molar-refractivity contribution in [3.8, 4) is 0 Å². The van der Waals surface area contributed by atoms with Crippen LogP contribution in [0.4, 0.5) is 0 Å². The Kier molecular flexibility index (Phi) is 2.14. The molecule has 2 nitrogen and oxygen atoms in total. The predicted molar refractivity (Wildman–Crippen MR) is 50.2 cm³/mol. The third kappa shape index (κ3) is 1.38. The third-order valence-corrected chi connectivity index (χ3v) is 3.42. The summed E-state index contributed by atoms with van der Waals surface area (Å²) in [5.74, 6) is 0.813. The van der Waals surface area contributed by atoms with Crippen LogP contribution in [-0.2, 0) is 9.53 Å². The average Bonchev–Trinajstić information content (AvgIpc) is 2.47. The van der Waals surface area contributed by atoms with E-state index in [1.54, 1.807) is 12.3 Å². The fraction of sp³-hybridized carbons (Fsp3) is 0.727. The molecule has 1 saturated carbocycles. The zero-order chi connectivity index (χ0) is 9.31. The van der Waals surface area contributed by atoms with Crippen LogP contribution in [0.2, 0.25) is 0 Å². The molecule has 2 rings (SSSR count). The molecule has 0 bridgehead atoms. The second-order valence-electron chi connectivity index (χ2n) is 4.13. The lowest BCUT2D eigenvalue weighted by Gasteiger charge is -2.35. The minimum Gasteiger partial charge on any atom is -0.494 e. The van der Waals surface area contributed by atoms with Crippen molar-refractivity contribution in [1.29, 1.82) is 0 Å². The van der Waals surface area contributed by atoms with E-state index >= 15 is 0 Å². The van der Waals surface area contributed by atoms with Crippen molar-refractivity contribution in [3.05, 3.63) is 12.3 Å². The third-order valence-electron chi connectivity index (χ3n) is 3.42. The lowest BCUT2D eigenvalue weighted by Crippen LogP contribution is -2.39. The molecule has 0 aromatic heterocycles. The van der Waals surface area contributed by atoms with Crippen LogP contribution in [0.3, 0.4) is 0 Å².